The molecule has 12 aromatic rings. The van der Waals surface area contributed by atoms with E-state index in [1.54, 1.807) is 0 Å². The van der Waals surface area contributed by atoms with Crippen molar-refractivity contribution < 1.29 is 0 Å². The third kappa shape index (κ3) is 5.75. The van der Waals surface area contributed by atoms with Crippen LogP contribution in [0, 0.1) is 0 Å². The maximum atomic E-state index is 2.38. The van der Waals surface area contributed by atoms with Gasteiger partial charge in [-0.3, -0.25) is 0 Å². The van der Waals surface area contributed by atoms with Crippen molar-refractivity contribution in [2.45, 2.75) is 20.8 Å². The molecule has 0 saturated carbocycles. The van der Waals surface area contributed by atoms with Crippen molar-refractivity contribution in [2.75, 3.05) is 0 Å². The molecule has 0 radical (unpaired) electrons. The zero-order valence-corrected chi connectivity index (χ0v) is 34.4. The lowest BCUT2D eigenvalue weighted by atomic mass is 10.1. The smallest absolute Gasteiger partial charge is 0.0635 e. The van der Waals surface area contributed by atoms with Gasteiger partial charge in [0.15, 0.2) is 0 Å². The molecule has 0 amide bonds. The van der Waals surface area contributed by atoms with Crippen LogP contribution in [0.3, 0.4) is 0 Å². The Bertz CT molecular complexity index is 3570. The highest BCUT2D eigenvalue weighted by Gasteiger charge is 2.19. The average Bonchev–Trinajstić information content (AvgIpc) is 4.02. The molecule has 0 spiro atoms. The summed E-state index contributed by atoms with van der Waals surface area (Å²) in [5, 5.41) is 10.3. The molecule has 0 unspecified atom stereocenters. The van der Waals surface area contributed by atoms with E-state index in [9.17, 15) is 0 Å². The molecule has 4 heteroatoms. The Hall–Kier alpha value is -7.56. The molecule has 4 heterocycles. The highest BCUT2D eigenvalue weighted by atomic mass is 15.0. The lowest BCUT2D eigenvalue weighted by Gasteiger charge is -2.07. The normalized spacial score (nSPS) is 11.9. The Morgan fingerprint density at radius 3 is 1.47 bits per heavy atom. The fourth-order valence-corrected chi connectivity index (χ4v) is 9.27. The molecule has 290 valence electrons. The van der Waals surface area contributed by atoms with Crippen LogP contribution in [0.4, 0.5) is 0 Å². The van der Waals surface area contributed by atoms with E-state index in [1.807, 2.05) is 20.8 Å². The SMILES string of the molecule is C/C=C\C=C/n1c2ccccc2c2ccc3c(c4ccccc4n3-c3ccccc3)c21.CC.Cn1c2ccccc2c2cc3c(cc21)c1ccccc1n3-c1ccccc1. The molecule has 0 saturated heterocycles. The Morgan fingerprint density at radius 1 is 0.367 bits per heavy atom. The Labute approximate surface area is 349 Å². The second kappa shape index (κ2) is 15.3. The van der Waals surface area contributed by atoms with E-state index in [1.165, 1.54) is 98.6 Å². The third-order valence-corrected chi connectivity index (χ3v) is 11.8. The molecule has 0 aliphatic carbocycles. The van der Waals surface area contributed by atoms with Crippen LogP contribution in [0.5, 0.6) is 0 Å². The Kier molecular flexibility index (Phi) is 9.38. The largest absolute Gasteiger partial charge is 0.344 e. The van der Waals surface area contributed by atoms with Crippen LogP contribution in [-0.2, 0) is 7.05 Å². The summed E-state index contributed by atoms with van der Waals surface area (Å²) < 4.78 is 9.40. The molecule has 0 N–H and O–H groups in total. The van der Waals surface area contributed by atoms with Crippen LogP contribution in [0.1, 0.15) is 20.8 Å². The van der Waals surface area contributed by atoms with E-state index in [0.29, 0.717) is 0 Å². The molecule has 8 aromatic carbocycles. The van der Waals surface area contributed by atoms with Crippen LogP contribution in [0.15, 0.2) is 200 Å². The van der Waals surface area contributed by atoms with Crippen molar-refractivity contribution in [3.63, 3.8) is 0 Å². The zero-order valence-electron chi connectivity index (χ0n) is 34.4. The number of aromatic nitrogens is 4. The van der Waals surface area contributed by atoms with Crippen LogP contribution < -0.4 is 0 Å². The van der Waals surface area contributed by atoms with Gasteiger partial charge in [-0.25, -0.2) is 0 Å². The summed E-state index contributed by atoms with van der Waals surface area (Å²) in [4.78, 5) is 0. The number of hydrogen-bond donors (Lipinski definition) is 0. The molecule has 0 aliphatic rings. The first-order valence-corrected chi connectivity index (χ1v) is 21.0. The first-order chi connectivity index (χ1) is 29.7. The van der Waals surface area contributed by atoms with Crippen LogP contribution >= 0.6 is 0 Å². The van der Waals surface area contributed by atoms with E-state index >= 15 is 0 Å². The van der Waals surface area contributed by atoms with Gasteiger partial charge in [-0.05, 0) is 79.7 Å². The lowest BCUT2D eigenvalue weighted by molar-refractivity contribution is 1.02. The van der Waals surface area contributed by atoms with Gasteiger partial charge in [0.1, 0.15) is 0 Å². The number of nitrogens with zero attached hydrogens (tertiary/aromatic N) is 4. The van der Waals surface area contributed by atoms with E-state index in [4.69, 9.17) is 0 Å². The van der Waals surface area contributed by atoms with Gasteiger partial charge < -0.3 is 18.3 Å². The number of para-hydroxylation sites is 6. The van der Waals surface area contributed by atoms with Gasteiger partial charge in [0.25, 0.3) is 0 Å². The zero-order chi connectivity index (χ0) is 40.7. The number of rotatable bonds is 4. The van der Waals surface area contributed by atoms with Crippen molar-refractivity contribution in [1.82, 2.24) is 18.3 Å². The van der Waals surface area contributed by atoms with Crippen molar-refractivity contribution in [3.8, 4) is 11.4 Å². The van der Waals surface area contributed by atoms with Gasteiger partial charge in [-0.2, -0.15) is 0 Å². The predicted octanol–water partition coefficient (Wildman–Crippen LogP) is 15.4. The van der Waals surface area contributed by atoms with Gasteiger partial charge in [0.2, 0.25) is 0 Å². The van der Waals surface area contributed by atoms with Crippen LogP contribution in [0.25, 0.3) is 105 Å². The van der Waals surface area contributed by atoms with Crippen molar-refractivity contribution in [1.29, 1.82) is 0 Å². The molecule has 0 bridgehead atoms. The van der Waals surface area contributed by atoms with E-state index in [2.05, 4.69) is 232 Å². The maximum absolute atomic E-state index is 2.38. The summed E-state index contributed by atoms with van der Waals surface area (Å²) in [7, 11) is 2.16. The lowest BCUT2D eigenvalue weighted by Crippen LogP contribution is -1.93. The summed E-state index contributed by atoms with van der Waals surface area (Å²) in [6, 6.07) is 65.3. The summed E-state index contributed by atoms with van der Waals surface area (Å²) in [5.74, 6) is 0. The summed E-state index contributed by atoms with van der Waals surface area (Å²) >= 11 is 0. The second-order valence-corrected chi connectivity index (χ2v) is 14.9. The number of hydrogen-bond acceptors (Lipinski definition) is 0. The minimum atomic E-state index is 1.18. The minimum Gasteiger partial charge on any atom is -0.344 e. The topological polar surface area (TPSA) is 19.7 Å². The molecular weight excluding hydrogens is 729 g/mol. The summed E-state index contributed by atoms with van der Waals surface area (Å²) in [5.41, 5.74) is 12.4. The molecule has 4 nitrogen and oxygen atoms in total. The van der Waals surface area contributed by atoms with Crippen molar-refractivity contribution >= 4 is 93.4 Å². The summed E-state index contributed by atoms with van der Waals surface area (Å²) in [6.07, 6.45) is 8.43. The monoisotopic (exact) mass is 774 g/mol. The maximum Gasteiger partial charge on any atom is 0.0635 e. The molecule has 0 atom stereocenters. The fraction of sp³-hybridized carbons (Fsp3) is 0.0714. The van der Waals surface area contributed by atoms with Gasteiger partial charge in [-0.1, -0.05) is 141 Å². The molecule has 12 rings (SSSR count). The van der Waals surface area contributed by atoms with E-state index in [0.717, 1.165) is 0 Å². The predicted molar refractivity (Wildman–Crippen MR) is 260 cm³/mol. The van der Waals surface area contributed by atoms with Crippen LogP contribution in [-0.4, -0.2) is 18.3 Å². The standard InChI is InChI=1S/C29H22N2.C25H18N2.C2H6/c1-2-3-11-20-30-25-16-9-7-14-22(25)23-18-19-27-28(29(23)30)24-15-8-10-17-26(24)31(27)21-12-5-4-6-13-21;1-26-22-13-7-5-11-18(22)20-16-25-21(15-24(20)26)19-12-6-8-14-23(19)27(25)17-9-3-2-4-10-17;1-2/h2-20H,1H3;2-16H,1H3;1-2H3/b3-2-,20-11-;;. The van der Waals surface area contributed by atoms with Gasteiger partial charge >= 0.3 is 0 Å². The molecule has 0 aliphatic heterocycles. The average molecular weight is 775 g/mol. The number of aryl methyl sites for hydroxylation is 1. The van der Waals surface area contributed by atoms with Gasteiger partial charge in [0, 0.05) is 78.7 Å². The highest BCUT2D eigenvalue weighted by molar-refractivity contribution is 6.26. The molecule has 60 heavy (non-hydrogen) atoms. The van der Waals surface area contributed by atoms with Crippen molar-refractivity contribution in [2.24, 2.45) is 7.05 Å². The molecular formula is C56H46N4. The fourth-order valence-electron chi connectivity index (χ4n) is 9.27. The first-order valence-electron chi connectivity index (χ1n) is 21.0. The van der Waals surface area contributed by atoms with E-state index in [-0.39, 0.29) is 0 Å². The van der Waals surface area contributed by atoms with Gasteiger partial charge in [-0.15, -0.1) is 0 Å². The number of fused-ring (bicyclic) bond motifs is 13. The molecule has 0 fully saturated rings. The Balaban J connectivity index is 0.000000140. The van der Waals surface area contributed by atoms with Gasteiger partial charge in [0.05, 0.1) is 33.1 Å². The second-order valence-electron chi connectivity index (χ2n) is 14.9. The number of benzene rings is 8. The minimum absolute atomic E-state index is 1.18. The highest BCUT2D eigenvalue weighted by Crippen LogP contribution is 2.41. The van der Waals surface area contributed by atoms with Crippen molar-refractivity contribution in [3.05, 3.63) is 200 Å². The van der Waals surface area contributed by atoms with E-state index < -0.39 is 0 Å². The summed E-state index contributed by atoms with van der Waals surface area (Å²) in [6.45, 7) is 6.04. The number of allylic oxidation sites excluding steroid dienone is 3. The Morgan fingerprint density at radius 2 is 0.833 bits per heavy atom. The third-order valence-electron chi connectivity index (χ3n) is 11.8. The quantitative estimate of drug-likeness (QED) is 0.159. The molecule has 4 aromatic heterocycles. The first kappa shape index (κ1) is 36.8. The van der Waals surface area contributed by atoms with Crippen LogP contribution in [0.2, 0.25) is 0 Å².